The number of rotatable bonds is 6. The smallest absolute Gasteiger partial charge is 0.231 e. The molecule has 3 aromatic rings. The molecule has 6 heteroatoms. The van der Waals surface area contributed by atoms with Crippen LogP contribution in [0.15, 0.2) is 35.0 Å². The molecule has 1 aliphatic rings. The van der Waals surface area contributed by atoms with Gasteiger partial charge in [-0.3, -0.25) is 0 Å². The van der Waals surface area contributed by atoms with Gasteiger partial charge in [-0.25, -0.2) is 4.98 Å². The average Bonchev–Trinajstić information content (AvgIpc) is 3.27. The van der Waals surface area contributed by atoms with E-state index in [4.69, 9.17) is 19.6 Å². The fourth-order valence-electron chi connectivity index (χ4n) is 2.82. The van der Waals surface area contributed by atoms with Gasteiger partial charge in [0.25, 0.3) is 0 Å². The molecule has 0 atom stereocenters. The summed E-state index contributed by atoms with van der Waals surface area (Å²) in [6.45, 7) is 1.95. The summed E-state index contributed by atoms with van der Waals surface area (Å²) < 4.78 is 10.9. The topological polar surface area (TPSA) is 63.6 Å². The number of nitrogens with one attached hydrogen (secondary N) is 1. The van der Waals surface area contributed by atoms with Crippen molar-refractivity contribution in [2.75, 3.05) is 19.9 Å². The number of benzene rings is 1. The van der Waals surface area contributed by atoms with Crippen molar-refractivity contribution >= 4 is 22.2 Å². The normalized spacial score (nSPS) is 12.9. The lowest BCUT2D eigenvalue weighted by Gasteiger charge is -2.11. The Morgan fingerprint density at radius 3 is 2.88 bits per heavy atom. The zero-order valence-corrected chi connectivity index (χ0v) is 13.9. The van der Waals surface area contributed by atoms with Crippen LogP contribution in [0.25, 0.3) is 22.2 Å². The number of aliphatic hydroxyl groups excluding tert-OH is 1. The van der Waals surface area contributed by atoms with Gasteiger partial charge in [-0.1, -0.05) is 0 Å². The molecule has 0 aliphatic carbocycles. The van der Waals surface area contributed by atoms with Crippen LogP contribution in [0.2, 0.25) is 0 Å². The van der Waals surface area contributed by atoms with Gasteiger partial charge in [-0.2, -0.15) is 11.3 Å². The summed E-state index contributed by atoms with van der Waals surface area (Å²) in [4.78, 5) is 4.88. The number of aliphatic hydroxyl groups is 1. The molecule has 5 nitrogen and oxygen atoms in total. The molecule has 3 heterocycles. The molecule has 0 amide bonds. The van der Waals surface area contributed by atoms with E-state index in [1.165, 1.54) is 0 Å². The van der Waals surface area contributed by atoms with Crippen molar-refractivity contribution in [2.45, 2.75) is 13.0 Å². The third-order valence-electron chi connectivity index (χ3n) is 4.01. The molecule has 0 radical (unpaired) electrons. The monoisotopic (exact) mass is 342 g/mol. The number of fused-ring (bicyclic) bond motifs is 2. The summed E-state index contributed by atoms with van der Waals surface area (Å²) in [5.41, 5.74) is 4.15. The van der Waals surface area contributed by atoms with E-state index < -0.39 is 0 Å². The largest absolute Gasteiger partial charge is 0.454 e. The van der Waals surface area contributed by atoms with Crippen molar-refractivity contribution in [1.29, 1.82) is 0 Å². The van der Waals surface area contributed by atoms with E-state index >= 15 is 0 Å². The second-order valence-electron chi connectivity index (χ2n) is 5.66. The lowest BCUT2D eigenvalue weighted by atomic mass is 10.0. The van der Waals surface area contributed by atoms with Crippen molar-refractivity contribution < 1.29 is 14.6 Å². The highest BCUT2D eigenvalue weighted by Crippen LogP contribution is 2.37. The van der Waals surface area contributed by atoms with Crippen LogP contribution in [0.5, 0.6) is 11.5 Å². The molecule has 0 fully saturated rings. The Bertz CT molecular complexity index is 849. The molecule has 0 saturated carbocycles. The first kappa shape index (κ1) is 15.4. The predicted molar refractivity (Wildman–Crippen MR) is 94.6 cm³/mol. The van der Waals surface area contributed by atoms with Crippen LogP contribution in [0, 0.1) is 0 Å². The Hall–Kier alpha value is -2.15. The summed E-state index contributed by atoms with van der Waals surface area (Å²) in [6.07, 6.45) is 0.744. The van der Waals surface area contributed by atoms with Crippen LogP contribution in [0.4, 0.5) is 0 Å². The molecule has 0 unspecified atom stereocenters. The SMILES string of the molecule is OCCCNCc1cc2cc3c(cc2nc1-c1ccsc1)OCO3. The van der Waals surface area contributed by atoms with Crippen LogP contribution in [-0.2, 0) is 6.54 Å². The van der Waals surface area contributed by atoms with Gasteiger partial charge < -0.3 is 19.9 Å². The van der Waals surface area contributed by atoms with E-state index in [0.29, 0.717) is 6.54 Å². The van der Waals surface area contributed by atoms with Gasteiger partial charge in [0.15, 0.2) is 11.5 Å². The second-order valence-corrected chi connectivity index (χ2v) is 6.44. The molecular weight excluding hydrogens is 324 g/mol. The van der Waals surface area contributed by atoms with E-state index in [2.05, 4.69) is 28.2 Å². The van der Waals surface area contributed by atoms with Crippen molar-refractivity contribution in [1.82, 2.24) is 10.3 Å². The maximum absolute atomic E-state index is 8.92. The molecular formula is C18H18N2O3S. The summed E-state index contributed by atoms with van der Waals surface area (Å²) in [5, 5.41) is 17.5. The first-order chi connectivity index (χ1) is 11.8. The molecule has 0 saturated heterocycles. The minimum absolute atomic E-state index is 0.198. The van der Waals surface area contributed by atoms with Crippen molar-refractivity contribution in [2.24, 2.45) is 0 Å². The van der Waals surface area contributed by atoms with Gasteiger partial charge in [0, 0.05) is 35.5 Å². The summed E-state index contributed by atoms with van der Waals surface area (Å²) in [5.74, 6) is 1.52. The van der Waals surface area contributed by atoms with Gasteiger partial charge in [0.2, 0.25) is 6.79 Å². The third-order valence-corrected chi connectivity index (χ3v) is 4.69. The van der Waals surface area contributed by atoms with Crippen LogP contribution < -0.4 is 14.8 Å². The molecule has 1 aliphatic heterocycles. The maximum Gasteiger partial charge on any atom is 0.231 e. The van der Waals surface area contributed by atoms with Gasteiger partial charge in [-0.05, 0) is 42.1 Å². The number of ether oxygens (including phenoxy) is 2. The number of nitrogens with zero attached hydrogens (tertiary/aromatic N) is 1. The number of hydrogen-bond donors (Lipinski definition) is 2. The van der Waals surface area contributed by atoms with Crippen LogP contribution in [-0.4, -0.2) is 30.0 Å². The maximum atomic E-state index is 8.92. The van der Waals surface area contributed by atoms with Crippen LogP contribution >= 0.6 is 11.3 Å². The molecule has 2 aromatic heterocycles. The van der Waals surface area contributed by atoms with E-state index in [0.717, 1.165) is 52.2 Å². The lowest BCUT2D eigenvalue weighted by molar-refractivity contribution is 0.174. The van der Waals surface area contributed by atoms with Crippen molar-refractivity contribution in [3.63, 3.8) is 0 Å². The summed E-state index contributed by atoms with van der Waals surface area (Å²) >= 11 is 1.66. The minimum Gasteiger partial charge on any atom is -0.454 e. The molecule has 4 rings (SSSR count). The number of thiophene rings is 1. The highest BCUT2D eigenvalue weighted by atomic mass is 32.1. The van der Waals surface area contributed by atoms with Gasteiger partial charge in [0.05, 0.1) is 11.2 Å². The average molecular weight is 342 g/mol. The first-order valence-electron chi connectivity index (χ1n) is 7.92. The zero-order chi connectivity index (χ0) is 16.4. The van der Waals surface area contributed by atoms with E-state index in [1.807, 2.05) is 12.1 Å². The van der Waals surface area contributed by atoms with Gasteiger partial charge in [0.1, 0.15) is 0 Å². The van der Waals surface area contributed by atoms with E-state index in [-0.39, 0.29) is 13.4 Å². The first-order valence-corrected chi connectivity index (χ1v) is 8.87. The quantitative estimate of drug-likeness (QED) is 0.674. The summed E-state index contributed by atoms with van der Waals surface area (Å²) in [7, 11) is 0. The minimum atomic E-state index is 0.198. The zero-order valence-electron chi connectivity index (χ0n) is 13.1. The Labute approximate surface area is 143 Å². The molecule has 2 N–H and O–H groups in total. The van der Waals surface area contributed by atoms with E-state index in [9.17, 15) is 0 Å². The van der Waals surface area contributed by atoms with Gasteiger partial charge in [-0.15, -0.1) is 0 Å². The predicted octanol–water partition coefficient (Wildman–Crippen LogP) is 3.16. The molecule has 24 heavy (non-hydrogen) atoms. The van der Waals surface area contributed by atoms with Gasteiger partial charge >= 0.3 is 0 Å². The highest BCUT2D eigenvalue weighted by Gasteiger charge is 2.17. The van der Waals surface area contributed by atoms with E-state index in [1.54, 1.807) is 11.3 Å². The molecule has 1 aromatic carbocycles. The third kappa shape index (κ3) is 2.96. The Kier molecular flexibility index (Phi) is 4.34. The van der Waals surface area contributed by atoms with Crippen molar-refractivity contribution in [3.05, 3.63) is 40.6 Å². The standard InChI is InChI=1S/C18H18N2O3S/c21-4-1-3-19-9-14-6-13-7-16-17(23-11-22-16)8-15(13)20-18(14)12-2-5-24-10-12/h2,5-8,10,19,21H,1,3-4,9,11H2. The lowest BCUT2D eigenvalue weighted by Crippen LogP contribution is -2.16. The van der Waals surface area contributed by atoms with Crippen LogP contribution in [0.1, 0.15) is 12.0 Å². The Morgan fingerprint density at radius 2 is 2.08 bits per heavy atom. The van der Waals surface area contributed by atoms with Crippen molar-refractivity contribution in [3.8, 4) is 22.8 Å². The fourth-order valence-corrected chi connectivity index (χ4v) is 3.46. The Morgan fingerprint density at radius 1 is 1.21 bits per heavy atom. The summed E-state index contributed by atoms with van der Waals surface area (Å²) in [6, 6.07) is 8.17. The molecule has 0 bridgehead atoms. The number of hydrogen-bond acceptors (Lipinski definition) is 6. The molecule has 0 spiro atoms. The highest BCUT2D eigenvalue weighted by molar-refractivity contribution is 7.08. The number of pyridine rings is 1. The number of aromatic nitrogens is 1. The Balaban J connectivity index is 1.75. The van der Waals surface area contributed by atoms with Crippen LogP contribution in [0.3, 0.4) is 0 Å². The fraction of sp³-hybridized carbons (Fsp3) is 0.278. The second kappa shape index (κ2) is 6.76. The molecule has 124 valence electrons.